The Labute approximate surface area is 369 Å². The van der Waals surface area contributed by atoms with Crippen LogP contribution in [0.5, 0.6) is 0 Å². The standard InChI is InChI=1S/C60H38N2S/c1-4-15-39(16-5-1)43-23-12-24-46(34-43)61(48-29-31-51-50-25-10-11-28-56(50)63-57(51)38-48)47-30-32-55-54(37-47)59-52-26-13-21-42-22-14-27-53(58(42)52)60(59)62(55)49-35-44(40-17-6-2-7-18-40)33-45(36-49)41-19-8-3-9-20-41/h1-38H. The first-order valence-corrected chi connectivity index (χ1v) is 22.4. The Morgan fingerprint density at radius 1 is 0.349 bits per heavy atom. The fraction of sp³-hybridized carbons (Fsp3) is 0. The monoisotopic (exact) mass is 818 g/mol. The van der Waals surface area contributed by atoms with Gasteiger partial charge in [-0.05, 0) is 116 Å². The molecule has 3 heteroatoms. The third kappa shape index (κ3) is 5.78. The molecule has 0 fully saturated rings. The van der Waals surface area contributed by atoms with E-state index < -0.39 is 0 Å². The third-order valence-electron chi connectivity index (χ3n) is 12.9. The van der Waals surface area contributed by atoms with E-state index in [0.717, 1.165) is 22.7 Å². The quantitative estimate of drug-likeness (QED) is 0.156. The second kappa shape index (κ2) is 14.3. The lowest BCUT2D eigenvalue weighted by Gasteiger charge is -2.26. The van der Waals surface area contributed by atoms with Crippen molar-refractivity contribution in [1.82, 2.24) is 4.57 Å². The van der Waals surface area contributed by atoms with Gasteiger partial charge in [0.2, 0.25) is 0 Å². The molecule has 2 heterocycles. The van der Waals surface area contributed by atoms with Crippen LogP contribution in [-0.4, -0.2) is 4.57 Å². The zero-order valence-electron chi connectivity index (χ0n) is 34.2. The Morgan fingerprint density at radius 2 is 0.921 bits per heavy atom. The summed E-state index contributed by atoms with van der Waals surface area (Å²) in [4.78, 5) is 2.45. The number of hydrogen-bond donors (Lipinski definition) is 0. The predicted octanol–water partition coefficient (Wildman–Crippen LogP) is 17.3. The van der Waals surface area contributed by atoms with Crippen LogP contribution >= 0.6 is 11.3 Å². The molecule has 0 amide bonds. The molecule has 0 aliphatic heterocycles. The maximum absolute atomic E-state index is 2.53. The van der Waals surface area contributed by atoms with E-state index in [2.05, 4.69) is 240 Å². The van der Waals surface area contributed by atoms with Gasteiger partial charge in [0, 0.05) is 59.4 Å². The summed E-state index contributed by atoms with van der Waals surface area (Å²) in [5, 5.41) is 6.40. The van der Waals surface area contributed by atoms with Crippen molar-refractivity contribution < 1.29 is 0 Å². The Morgan fingerprint density at radius 3 is 1.65 bits per heavy atom. The summed E-state index contributed by atoms with van der Waals surface area (Å²) in [7, 11) is 0. The zero-order valence-corrected chi connectivity index (χ0v) is 35.1. The molecule has 10 aromatic carbocycles. The molecule has 0 N–H and O–H groups in total. The number of nitrogens with zero attached hydrogens (tertiary/aromatic N) is 2. The molecule has 63 heavy (non-hydrogen) atoms. The van der Waals surface area contributed by atoms with Gasteiger partial charge in [0.15, 0.2) is 0 Å². The summed E-state index contributed by atoms with van der Waals surface area (Å²) in [6, 6.07) is 84.8. The van der Waals surface area contributed by atoms with Crippen molar-refractivity contribution in [3.8, 4) is 61.5 Å². The van der Waals surface area contributed by atoms with Crippen LogP contribution in [0.15, 0.2) is 231 Å². The van der Waals surface area contributed by atoms with Crippen LogP contribution in [0.4, 0.5) is 17.1 Å². The van der Waals surface area contributed by atoms with Gasteiger partial charge in [0.05, 0.1) is 11.2 Å². The van der Waals surface area contributed by atoms with Gasteiger partial charge < -0.3 is 9.47 Å². The number of fused-ring (bicyclic) bond motifs is 8. The SMILES string of the molecule is c1ccc(-c2cccc(N(c3ccc4c(c3)sc3ccccc34)c3ccc4c(c3)c3c(n4-c4cc(-c5ccccc5)cc(-c5ccccc5)c4)-c4cccc5cccc-3c45)c2)cc1. The summed E-state index contributed by atoms with van der Waals surface area (Å²) < 4.78 is 5.12. The number of rotatable bonds is 7. The van der Waals surface area contributed by atoms with E-state index in [1.54, 1.807) is 0 Å². The van der Waals surface area contributed by atoms with Crippen molar-refractivity contribution in [2.45, 2.75) is 0 Å². The molecule has 0 bridgehead atoms. The Hall–Kier alpha value is -7.98. The molecular formula is C60H38N2S. The molecule has 0 saturated heterocycles. The highest BCUT2D eigenvalue weighted by Gasteiger charge is 2.30. The van der Waals surface area contributed by atoms with Gasteiger partial charge in [-0.3, -0.25) is 0 Å². The molecule has 2 aromatic heterocycles. The summed E-state index contributed by atoms with van der Waals surface area (Å²) in [6.45, 7) is 0. The van der Waals surface area contributed by atoms with E-state index in [9.17, 15) is 0 Å². The van der Waals surface area contributed by atoms with Gasteiger partial charge >= 0.3 is 0 Å². The summed E-state index contributed by atoms with van der Waals surface area (Å²) in [6.07, 6.45) is 0. The van der Waals surface area contributed by atoms with E-state index in [4.69, 9.17) is 0 Å². The fourth-order valence-corrected chi connectivity index (χ4v) is 11.2. The minimum Gasteiger partial charge on any atom is -0.310 e. The molecule has 294 valence electrons. The number of benzene rings is 10. The minimum absolute atomic E-state index is 1.11. The van der Waals surface area contributed by atoms with Crippen molar-refractivity contribution in [1.29, 1.82) is 0 Å². The van der Waals surface area contributed by atoms with Crippen LogP contribution in [0, 0.1) is 0 Å². The Balaban J connectivity index is 1.08. The first kappa shape index (κ1) is 35.7. The molecule has 0 atom stereocenters. The average molecular weight is 819 g/mol. The second-order valence-corrected chi connectivity index (χ2v) is 17.6. The topological polar surface area (TPSA) is 8.17 Å². The van der Waals surface area contributed by atoms with E-state index in [1.807, 2.05) is 11.3 Å². The van der Waals surface area contributed by atoms with Crippen LogP contribution in [0.3, 0.4) is 0 Å². The average Bonchev–Trinajstić information content (AvgIpc) is 4.01. The van der Waals surface area contributed by atoms with Crippen molar-refractivity contribution in [3.63, 3.8) is 0 Å². The smallest absolute Gasteiger partial charge is 0.0626 e. The highest BCUT2D eigenvalue weighted by Crippen LogP contribution is 2.54. The third-order valence-corrected chi connectivity index (χ3v) is 14.0. The van der Waals surface area contributed by atoms with E-state index in [-0.39, 0.29) is 0 Å². The molecule has 0 spiro atoms. The molecule has 1 aliphatic rings. The molecule has 1 aliphatic carbocycles. The van der Waals surface area contributed by atoms with Crippen LogP contribution < -0.4 is 4.90 Å². The van der Waals surface area contributed by atoms with Crippen molar-refractivity contribution >= 4 is 70.2 Å². The predicted molar refractivity (Wildman–Crippen MR) is 269 cm³/mol. The Kier molecular flexibility index (Phi) is 8.12. The highest BCUT2D eigenvalue weighted by atomic mass is 32.1. The largest absolute Gasteiger partial charge is 0.310 e. The van der Waals surface area contributed by atoms with Crippen LogP contribution in [0.1, 0.15) is 0 Å². The fourth-order valence-electron chi connectivity index (χ4n) is 10.1. The van der Waals surface area contributed by atoms with Crippen molar-refractivity contribution in [2.75, 3.05) is 4.90 Å². The normalized spacial score (nSPS) is 11.8. The molecular weight excluding hydrogens is 781 g/mol. The number of anilines is 3. The molecule has 0 saturated carbocycles. The van der Waals surface area contributed by atoms with Gasteiger partial charge in [-0.15, -0.1) is 11.3 Å². The number of aromatic nitrogens is 1. The molecule has 0 radical (unpaired) electrons. The van der Waals surface area contributed by atoms with E-state index >= 15 is 0 Å². The lowest BCUT2D eigenvalue weighted by molar-refractivity contribution is 1.14. The lowest BCUT2D eigenvalue weighted by Crippen LogP contribution is -2.10. The maximum atomic E-state index is 2.53. The van der Waals surface area contributed by atoms with E-state index in [0.29, 0.717) is 0 Å². The van der Waals surface area contributed by atoms with Crippen LogP contribution in [0.2, 0.25) is 0 Å². The summed E-state index contributed by atoms with van der Waals surface area (Å²) in [5.74, 6) is 0. The second-order valence-electron chi connectivity index (χ2n) is 16.5. The first-order valence-electron chi connectivity index (χ1n) is 21.6. The van der Waals surface area contributed by atoms with Crippen LogP contribution in [0.25, 0.3) is 103 Å². The maximum Gasteiger partial charge on any atom is 0.0626 e. The minimum atomic E-state index is 1.11. The summed E-state index contributed by atoms with van der Waals surface area (Å²) in [5.41, 5.74) is 17.9. The Bertz CT molecular complexity index is 3670. The van der Waals surface area contributed by atoms with Gasteiger partial charge in [0.25, 0.3) is 0 Å². The highest BCUT2D eigenvalue weighted by molar-refractivity contribution is 7.25. The van der Waals surface area contributed by atoms with Gasteiger partial charge in [-0.2, -0.15) is 0 Å². The molecule has 13 rings (SSSR count). The van der Waals surface area contributed by atoms with Gasteiger partial charge in [0.1, 0.15) is 0 Å². The molecule has 2 nitrogen and oxygen atoms in total. The first-order chi connectivity index (χ1) is 31.2. The van der Waals surface area contributed by atoms with Crippen molar-refractivity contribution in [3.05, 3.63) is 231 Å². The zero-order chi connectivity index (χ0) is 41.4. The lowest BCUT2D eigenvalue weighted by atomic mass is 9.97. The number of hydrogen-bond acceptors (Lipinski definition) is 2. The van der Waals surface area contributed by atoms with Gasteiger partial charge in [-0.25, -0.2) is 0 Å². The van der Waals surface area contributed by atoms with E-state index in [1.165, 1.54) is 97.6 Å². The molecule has 0 unspecified atom stereocenters. The molecule has 12 aromatic rings. The van der Waals surface area contributed by atoms with Crippen LogP contribution in [-0.2, 0) is 0 Å². The van der Waals surface area contributed by atoms with Gasteiger partial charge in [-0.1, -0.05) is 164 Å². The van der Waals surface area contributed by atoms with Crippen molar-refractivity contribution in [2.24, 2.45) is 0 Å². The summed E-state index contributed by atoms with van der Waals surface area (Å²) >= 11 is 1.86. The number of thiophene rings is 1.